The van der Waals surface area contributed by atoms with E-state index >= 15 is 0 Å². The van der Waals surface area contributed by atoms with Crippen LogP contribution in [0.4, 0.5) is 0 Å². The number of aliphatic hydroxyl groups is 2. The van der Waals surface area contributed by atoms with E-state index in [1.807, 2.05) is 22.1 Å². The van der Waals surface area contributed by atoms with E-state index in [9.17, 15) is 10.2 Å². The minimum absolute atomic E-state index is 0.196. The number of imidazole rings is 1. The van der Waals surface area contributed by atoms with Crippen molar-refractivity contribution in [3.8, 4) is 10.4 Å². The van der Waals surface area contributed by atoms with Crippen LogP contribution in [0, 0.1) is 0 Å². The lowest BCUT2D eigenvalue weighted by molar-refractivity contribution is -0.0432. The van der Waals surface area contributed by atoms with Crippen LogP contribution < -0.4 is 0 Å². The first-order chi connectivity index (χ1) is 10.8. The van der Waals surface area contributed by atoms with Gasteiger partial charge in [-0.1, -0.05) is 6.07 Å². The molecule has 1 fully saturated rings. The van der Waals surface area contributed by atoms with Crippen molar-refractivity contribution in [1.82, 2.24) is 14.5 Å². The highest BCUT2D eigenvalue weighted by atomic mass is 32.1. The van der Waals surface area contributed by atoms with E-state index in [0.717, 1.165) is 21.6 Å². The van der Waals surface area contributed by atoms with Crippen molar-refractivity contribution in [2.75, 3.05) is 6.61 Å². The summed E-state index contributed by atoms with van der Waals surface area (Å²) < 4.78 is 7.52. The van der Waals surface area contributed by atoms with Crippen LogP contribution in [0.25, 0.3) is 21.6 Å². The second-order valence-corrected chi connectivity index (χ2v) is 6.22. The molecule has 0 amide bonds. The zero-order valence-corrected chi connectivity index (χ0v) is 12.5. The summed E-state index contributed by atoms with van der Waals surface area (Å²) in [7, 11) is 0. The van der Waals surface area contributed by atoms with Gasteiger partial charge >= 0.3 is 0 Å². The third kappa shape index (κ3) is 2.14. The normalized spacial score (nSPS) is 25.1. The Kier molecular flexibility index (Phi) is 3.42. The maximum atomic E-state index is 9.90. The average molecular weight is 317 g/mol. The SMILES string of the molecule is OC[C@H]1O[C@@H](n2cnc3c(-c4cccs4)ccnc32)C[C@@H]1O. The lowest BCUT2D eigenvalue weighted by atomic mass is 10.2. The first-order valence-electron chi connectivity index (χ1n) is 7.07. The Morgan fingerprint density at radius 2 is 2.27 bits per heavy atom. The molecule has 114 valence electrons. The van der Waals surface area contributed by atoms with Crippen molar-refractivity contribution in [2.45, 2.75) is 24.9 Å². The summed E-state index contributed by atoms with van der Waals surface area (Å²) in [5.74, 6) is 0. The van der Waals surface area contributed by atoms with Crippen LogP contribution in [0.5, 0.6) is 0 Å². The Morgan fingerprint density at radius 1 is 1.36 bits per heavy atom. The van der Waals surface area contributed by atoms with E-state index in [2.05, 4.69) is 16.0 Å². The molecule has 3 aromatic heterocycles. The molecule has 0 unspecified atom stereocenters. The zero-order valence-electron chi connectivity index (χ0n) is 11.7. The van der Waals surface area contributed by atoms with Gasteiger partial charge in [-0.05, 0) is 17.5 Å². The van der Waals surface area contributed by atoms with Crippen molar-refractivity contribution < 1.29 is 14.9 Å². The highest BCUT2D eigenvalue weighted by molar-refractivity contribution is 7.13. The van der Waals surface area contributed by atoms with Crippen molar-refractivity contribution in [1.29, 1.82) is 0 Å². The van der Waals surface area contributed by atoms with Crippen LogP contribution in [0.2, 0.25) is 0 Å². The van der Waals surface area contributed by atoms with Crippen LogP contribution in [0.1, 0.15) is 12.6 Å². The zero-order chi connectivity index (χ0) is 15.1. The van der Waals surface area contributed by atoms with E-state index in [1.165, 1.54) is 0 Å². The summed E-state index contributed by atoms with van der Waals surface area (Å²) in [6.07, 6.45) is 2.27. The number of thiophene rings is 1. The number of fused-ring (bicyclic) bond motifs is 1. The summed E-state index contributed by atoms with van der Waals surface area (Å²) in [4.78, 5) is 10.0. The Bertz CT molecular complexity index is 787. The molecule has 1 aliphatic heterocycles. The van der Waals surface area contributed by atoms with Crippen molar-refractivity contribution >= 4 is 22.5 Å². The first-order valence-corrected chi connectivity index (χ1v) is 7.95. The summed E-state index contributed by atoms with van der Waals surface area (Å²) in [6, 6.07) is 6.01. The fourth-order valence-corrected chi connectivity index (χ4v) is 3.58. The maximum Gasteiger partial charge on any atom is 0.162 e. The number of hydrogen-bond donors (Lipinski definition) is 2. The monoisotopic (exact) mass is 317 g/mol. The highest BCUT2D eigenvalue weighted by Crippen LogP contribution is 2.34. The molecule has 4 heterocycles. The summed E-state index contributed by atoms with van der Waals surface area (Å²) in [6.45, 7) is -0.196. The fourth-order valence-electron chi connectivity index (χ4n) is 2.83. The Hall–Kier alpha value is -1.80. The van der Waals surface area contributed by atoms with Crippen LogP contribution >= 0.6 is 11.3 Å². The molecule has 6 nitrogen and oxygen atoms in total. The summed E-state index contributed by atoms with van der Waals surface area (Å²) >= 11 is 1.66. The van der Waals surface area contributed by atoms with Crippen LogP contribution in [-0.4, -0.2) is 43.6 Å². The van der Waals surface area contributed by atoms with Gasteiger partial charge in [-0.25, -0.2) is 9.97 Å². The smallest absolute Gasteiger partial charge is 0.162 e. The molecular weight excluding hydrogens is 302 g/mol. The largest absolute Gasteiger partial charge is 0.394 e. The van der Waals surface area contributed by atoms with Gasteiger partial charge in [-0.15, -0.1) is 11.3 Å². The van der Waals surface area contributed by atoms with E-state index in [0.29, 0.717) is 6.42 Å². The highest BCUT2D eigenvalue weighted by Gasteiger charge is 2.35. The van der Waals surface area contributed by atoms with Gasteiger partial charge in [0.05, 0.1) is 19.0 Å². The maximum absolute atomic E-state index is 9.90. The molecule has 4 rings (SSSR count). The number of ether oxygens (including phenoxy) is 1. The number of pyridine rings is 1. The molecule has 0 radical (unpaired) electrons. The molecule has 2 N–H and O–H groups in total. The summed E-state index contributed by atoms with van der Waals surface area (Å²) in [5, 5.41) is 21.1. The molecule has 7 heteroatoms. The Labute approximate surface area is 130 Å². The van der Waals surface area contributed by atoms with Gasteiger partial charge in [0.1, 0.15) is 17.8 Å². The number of aliphatic hydroxyl groups excluding tert-OH is 2. The number of rotatable bonds is 3. The van der Waals surface area contributed by atoms with Crippen LogP contribution in [-0.2, 0) is 4.74 Å². The van der Waals surface area contributed by atoms with Gasteiger partial charge in [-0.3, -0.25) is 4.57 Å². The fraction of sp³-hybridized carbons (Fsp3) is 0.333. The standard InChI is InChI=1S/C15H15N3O3S/c19-7-11-10(20)6-13(21-11)18-8-17-14-9(3-4-16-15(14)18)12-2-1-5-22-12/h1-5,8,10-11,13,19-20H,6-7H2/t10-,11+,13+/m0/s1. The molecular formula is C15H15N3O3S. The lowest BCUT2D eigenvalue weighted by Gasteiger charge is -2.13. The van der Waals surface area contributed by atoms with Gasteiger partial charge in [0, 0.05) is 23.1 Å². The molecule has 22 heavy (non-hydrogen) atoms. The summed E-state index contributed by atoms with van der Waals surface area (Å²) in [5.41, 5.74) is 2.58. The minimum atomic E-state index is -0.673. The topological polar surface area (TPSA) is 80.4 Å². The van der Waals surface area contributed by atoms with Crippen LogP contribution in [0.3, 0.4) is 0 Å². The second kappa shape index (κ2) is 5.44. The quantitative estimate of drug-likeness (QED) is 0.770. The third-order valence-corrected chi connectivity index (χ3v) is 4.84. The predicted molar refractivity (Wildman–Crippen MR) is 82.5 cm³/mol. The van der Waals surface area contributed by atoms with E-state index in [1.54, 1.807) is 23.9 Å². The molecule has 0 bridgehead atoms. The molecule has 1 aliphatic rings. The third-order valence-electron chi connectivity index (χ3n) is 3.94. The number of nitrogens with zero attached hydrogens (tertiary/aromatic N) is 3. The molecule has 3 atom stereocenters. The number of aromatic nitrogens is 3. The molecule has 1 saturated heterocycles. The first kappa shape index (κ1) is 13.8. The molecule has 0 aliphatic carbocycles. The molecule has 3 aromatic rings. The molecule has 0 aromatic carbocycles. The Balaban J connectivity index is 1.77. The minimum Gasteiger partial charge on any atom is -0.394 e. The van der Waals surface area contributed by atoms with E-state index in [-0.39, 0.29) is 12.8 Å². The van der Waals surface area contributed by atoms with Crippen molar-refractivity contribution in [2.24, 2.45) is 0 Å². The predicted octanol–water partition coefficient (Wildman–Crippen LogP) is 1.80. The second-order valence-electron chi connectivity index (χ2n) is 5.27. The van der Waals surface area contributed by atoms with Crippen molar-refractivity contribution in [3.63, 3.8) is 0 Å². The average Bonchev–Trinajstić information content (AvgIpc) is 3.25. The molecule has 0 spiro atoms. The van der Waals surface area contributed by atoms with Gasteiger partial charge in [0.2, 0.25) is 0 Å². The van der Waals surface area contributed by atoms with Crippen LogP contribution in [0.15, 0.2) is 36.1 Å². The lowest BCUT2D eigenvalue weighted by Crippen LogP contribution is -2.24. The van der Waals surface area contributed by atoms with Gasteiger partial charge in [-0.2, -0.15) is 0 Å². The van der Waals surface area contributed by atoms with Gasteiger partial charge in [0.15, 0.2) is 5.65 Å². The van der Waals surface area contributed by atoms with Gasteiger partial charge < -0.3 is 14.9 Å². The van der Waals surface area contributed by atoms with Crippen molar-refractivity contribution in [3.05, 3.63) is 36.1 Å². The van der Waals surface area contributed by atoms with E-state index < -0.39 is 12.2 Å². The Morgan fingerprint density at radius 3 is 3.00 bits per heavy atom. The van der Waals surface area contributed by atoms with E-state index in [4.69, 9.17) is 4.74 Å². The molecule has 0 saturated carbocycles. The van der Waals surface area contributed by atoms with Gasteiger partial charge in [0.25, 0.3) is 0 Å². The number of hydrogen-bond acceptors (Lipinski definition) is 6.